The Morgan fingerprint density at radius 3 is 2.54 bits per heavy atom. The first-order valence-corrected chi connectivity index (χ1v) is 11.8. The smallest absolute Gasteiger partial charge is 0.165 e. The fourth-order valence-electron chi connectivity index (χ4n) is 4.33. The summed E-state index contributed by atoms with van der Waals surface area (Å²) in [6, 6.07) is 26.5. The minimum Gasteiger partial charge on any atom is -0.383 e. The molecule has 2 aromatic carbocycles. The molecule has 0 aliphatic carbocycles. The van der Waals surface area contributed by atoms with E-state index in [1.165, 1.54) is 5.56 Å². The van der Waals surface area contributed by atoms with E-state index in [1.54, 1.807) is 6.20 Å². The van der Waals surface area contributed by atoms with E-state index in [-0.39, 0.29) is 0 Å². The molecule has 0 spiro atoms. The van der Waals surface area contributed by atoms with E-state index in [4.69, 9.17) is 15.7 Å². The zero-order valence-corrected chi connectivity index (χ0v) is 19.2. The molecule has 7 nitrogen and oxygen atoms in total. The van der Waals surface area contributed by atoms with Gasteiger partial charge in [-0.2, -0.15) is 0 Å². The monoisotopic (exact) mass is 458 g/mol. The van der Waals surface area contributed by atoms with Gasteiger partial charge in [0, 0.05) is 30.5 Å². The average Bonchev–Trinajstić information content (AvgIpc) is 3.25. The highest BCUT2D eigenvalue weighted by Gasteiger charge is 2.19. The predicted molar refractivity (Wildman–Crippen MR) is 141 cm³/mol. The molecule has 35 heavy (non-hydrogen) atoms. The van der Waals surface area contributed by atoms with E-state index in [0.29, 0.717) is 11.8 Å². The van der Waals surface area contributed by atoms with Crippen molar-refractivity contribution in [1.29, 1.82) is 0 Å². The third-order valence-electron chi connectivity index (χ3n) is 6.32. The summed E-state index contributed by atoms with van der Waals surface area (Å²) >= 11 is 0. The Kier molecular flexibility index (Phi) is 5.74. The molecule has 1 radical (unpaired) electrons. The van der Waals surface area contributed by atoms with Gasteiger partial charge >= 0.3 is 0 Å². The number of hydrogen-bond acceptors (Lipinski definition) is 6. The number of fused-ring (bicyclic) bond motifs is 1. The van der Waals surface area contributed by atoms with Gasteiger partial charge in [-0.15, -0.1) is 0 Å². The summed E-state index contributed by atoms with van der Waals surface area (Å²) in [4.78, 5) is 14.2. The minimum atomic E-state index is 0.439. The molecule has 0 amide bonds. The molecule has 1 unspecified atom stereocenters. The highest BCUT2D eigenvalue weighted by Crippen LogP contribution is 2.31. The molecular formula is C27H25BN7. The Hall–Kier alpha value is -4.01. The van der Waals surface area contributed by atoms with E-state index in [0.717, 1.165) is 59.0 Å². The van der Waals surface area contributed by atoms with Crippen molar-refractivity contribution in [2.45, 2.75) is 12.5 Å². The van der Waals surface area contributed by atoms with Gasteiger partial charge < -0.3 is 16.4 Å². The molecular weight excluding hydrogens is 433 g/mol. The number of anilines is 1. The molecule has 1 atom stereocenters. The van der Waals surface area contributed by atoms with Crippen molar-refractivity contribution < 1.29 is 0 Å². The molecule has 171 valence electrons. The maximum absolute atomic E-state index is 6.26. The molecule has 5 aromatic rings. The lowest BCUT2D eigenvalue weighted by atomic mass is 9.62. The second-order valence-corrected chi connectivity index (χ2v) is 8.66. The van der Waals surface area contributed by atoms with Crippen LogP contribution < -0.4 is 16.4 Å². The van der Waals surface area contributed by atoms with Gasteiger partial charge in [-0.3, -0.25) is 4.57 Å². The first-order chi connectivity index (χ1) is 17.3. The van der Waals surface area contributed by atoms with Crippen LogP contribution in [0.15, 0.2) is 85.1 Å². The summed E-state index contributed by atoms with van der Waals surface area (Å²) in [6.07, 6.45) is 2.69. The zero-order valence-electron chi connectivity index (χ0n) is 19.2. The molecule has 6 rings (SSSR count). The second-order valence-electron chi connectivity index (χ2n) is 8.66. The maximum atomic E-state index is 6.26. The Balaban J connectivity index is 1.42. The van der Waals surface area contributed by atoms with Gasteiger partial charge in [-0.1, -0.05) is 42.5 Å². The van der Waals surface area contributed by atoms with Crippen molar-refractivity contribution in [2.24, 2.45) is 0 Å². The van der Waals surface area contributed by atoms with Crippen molar-refractivity contribution in [2.75, 3.05) is 18.7 Å². The zero-order chi connectivity index (χ0) is 23.6. The van der Waals surface area contributed by atoms with Gasteiger partial charge in [0.2, 0.25) is 0 Å². The third-order valence-corrected chi connectivity index (χ3v) is 6.32. The van der Waals surface area contributed by atoms with Crippen LogP contribution >= 0.6 is 0 Å². The van der Waals surface area contributed by atoms with Crippen molar-refractivity contribution in [3.63, 3.8) is 0 Å². The quantitative estimate of drug-likeness (QED) is 0.324. The molecule has 0 saturated carbocycles. The van der Waals surface area contributed by atoms with Crippen LogP contribution in [0.1, 0.15) is 5.56 Å². The van der Waals surface area contributed by atoms with Crippen LogP contribution in [0.2, 0.25) is 0 Å². The minimum absolute atomic E-state index is 0.439. The lowest BCUT2D eigenvalue weighted by molar-refractivity contribution is 0.562. The Bertz CT molecular complexity index is 1460. The number of benzene rings is 2. The standard InChI is InChI=1S/C27H25BN7/c29-25-21(7-4-14-31-25)26-34-23-13-12-22(19-5-2-1-3-6-19)33-27(23)35(26)20-10-8-18(9-11-20)15-30-16-24-28-17-32-24/h1-14,24,30,32H,15-17H2,(H2,29,31). The summed E-state index contributed by atoms with van der Waals surface area (Å²) in [5.41, 5.74) is 12.8. The van der Waals surface area contributed by atoms with Crippen molar-refractivity contribution >= 4 is 24.3 Å². The predicted octanol–water partition coefficient (Wildman–Crippen LogP) is 3.41. The number of nitrogens with one attached hydrogen (secondary N) is 2. The third kappa shape index (κ3) is 4.29. The number of nitrogens with zero attached hydrogens (tertiary/aromatic N) is 4. The van der Waals surface area contributed by atoms with Crippen LogP contribution in [0.25, 0.3) is 39.5 Å². The topological polar surface area (TPSA) is 93.7 Å². The lowest BCUT2D eigenvalue weighted by Crippen LogP contribution is -2.56. The largest absolute Gasteiger partial charge is 0.383 e. The normalized spacial score (nSPS) is 15.0. The fourth-order valence-corrected chi connectivity index (χ4v) is 4.33. The lowest BCUT2D eigenvalue weighted by Gasteiger charge is -2.26. The molecule has 1 aliphatic rings. The van der Waals surface area contributed by atoms with Crippen LogP contribution in [0, 0.1) is 0 Å². The maximum Gasteiger partial charge on any atom is 0.165 e. The number of aromatic nitrogens is 4. The summed E-state index contributed by atoms with van der Waals surface area (Å²) in [5, 5.41) is 6.88. The van der Waals surface area contributed by atoms with E-state index < -0.39 is 0 Å². The second kappa shape index (κ2) is 9.33. The Morgan fingerprint density at radius 2 is 1.80 bits per heavy atom. The molecule has 4 heterocycles. The van der Waals surface area contributed by atoms with Gasteiger partial charge in [0.15, 0.2) is 18.8 Å². The molecule has 4 N–H and O–H groups in total. The number of imidazole rings is 1. The highest BCUT2D eigenvalue weighted by molar-refractivity contribution is 6.41. The average molecular weight is 458 g/mol. The van der Waals surface area contributed by atoms with E-state index in [9.17, 15) is 0 Å². The van der Waals surface area contributed by atoms with Gasteiger partial charge in [0.25, 0.3) is 0 Å². The number of nitrogens with two attached hydrogens (primary N) is 1. The van der Waals surface area contributed by atoms with Crippen molar-refractivity contribution in [3.05, 3.63) is 90.6 Å². The summed E-state index contributed by atoms with van der Waals surface area (Å²) in [7, 11) is 2.28. The van der Waals surface area contributed by atoms with Crippen molar-refractivity contribution in [1.82, 2.24) is 30.2 Å². The molecule has 0 bridgehead atoms. The van der Waals surface area contributed by atoms with Gasteiger partial charge in [0.1, 0.15) is 11.3 Å². The van der Waals surface area contributed by atoms with Crippen LogP contribution in [0.4, 0.5) is 5.82 Å². The SMILES string of the molecule is Nc1ncccc1-c1nc2ccc(-c3ccccc3)nc2n1-c1ccc(CNCC2[B]CN2)cc1. The summed E-state index contributed by atoms with van der Waals surface area (Å²) in [5.74, 6) is 1.64. The van der Waals surface area contributed by atoms with Gasteiger partial charge in [-0.05, 0) is 54.3 Å². The van der Waals surface area contributed by atoms with Crippen LogP contribution in [0.5, 0.6) is 0 Å². The fraction of sp³-hybridized carbons (Fsp3) is 0.148. The summed E-state index contributed by atoms with van der Waals surface area (Å²) < 4.78 is 2.07. The number of rotatable bonds is 7. The first kappa shape index (κ1) is 21.5. The van der Waals surface area contributed by atoms with E-state index >= 15 is 0 Å². The molecule has 1 fully saturated rings. The molecule has 3 aromatic heterocycles. The molecule has 1 aliphatic heterocycles. The van der Waals surface area contributed by atoms with Crippen LogP contribution in [-0.2, 0) is 6.54 Å². The Morgan fingerprint density at radius 1 is 0.971 bits per heavy atom. The molecule has 8 heteroatoms. The van der Waals surface area contributed by atoms with Crippen molar-refractivity contribution in [3.8, 4) is 28.3 Å². The summed E-state index contributed by atoms with van der Waals surface area (Å²) in [6.45, 7) is 1.75. The van der Waals surface area contributed by atoms with Gasteiger partial charge in [0.05, 0.1) is 11.3 Å². The Labute approximate surface area is 204 Å². The highest BCUT2D eigenvalue weighted by atomic mass is 15.1. The van der Waals surface area contributed by atoms with E-state index in [1.807, 2.05) is 42.5 Å². The number of nitrogen functional groups attached to an aromatic ring is 1. The number of pyridine rings is 2. The van der Waals surface area contributed by atoms with Crippen LogP contribution in [-0.4, -0.2) is 45.7 Å². The first-order valence-electron chi connectivity index (χ1n) is 11.8. The number of hydrogen-bond donors (Lipinski definition) is 3. The van der Waals surface area contributed by atoms with Crippen LogP contribution in [0.3, 0.4) is 0 Å². The van der Waals surface area contributed by atoms with Gasteiger partial charge in [-0.25, -0.2) is 15.0 Å². The molecule has 1 saturated heterocycles. The van der Waals surface area contributed by atoms with E-state index in [2.05, 4.69) is 63.9 Å².